The molecule has 1 N–H and O–H groups in total. The van der Waals surface area contributed by atoms with Gasteiger partial charge in [0, 0.05) is 6.04 Å². The van der Waals surface area contributed by atoms with Crippen LogP contribution in [0.1, 0.15) is 32.1 Å². The van der Waals surface area contributed by atoms with Crippen LogP contribution in [0.4, 0.5) is 0 Å². The number of rotatable bonds is 3. The predicted molar refractivity (Wildman–Crippen MR) is 63.6 cm³/mol. The fourth-order valence-electron chi connectivity index (χ4n) is 3.79. The van der Waals surface area contributed by atoms with Gasteiger partial charge < -0.3 is 5.32 Å². The number of hydrogen-bond donors (Lipinski definition) is 1. The van der Waals surface area contributed by atoms with E-state index in [0.717, 1.165) is 30.7 Å². The van der Waals surface area contributed by atoms with Crippen LogP contribution in [0.5, 0.6) is 0 Å². The molecule has 86 valence electrons. The van der Waals surface area contributed by atoms with E-state index in [2.05, 4.69) is 23.5 Å². The van der Waals surface area contributed by atoms with Gasteiger partial charge in [-0.25, -0.2) is 0 Å². The SMILES string of the molecule is N#CC1CCCC1NCC1CC2C=CC1C2. The predicted octanol–water partition coefficient (Wildman–Crippen LogP) is 2.48. The number of nitrogens with one attached hydrogen (secondary N) is 1. The quantitative estimate of drug-likeness (QED) is 0.736. The summed E-state index contributed by atoms with van der Waals surface area (Å²) in [5.74, 6) is 2.82. The summed E-state index contributed by atoms with van der Waals surface area (Å²) < 4.78 is 0. The Morgan fingerprint density at radius 2 is 2.19 bits per heavy atom. The van der Waals surface area contributed by atoms with Crippen molar-refractivity contribution in [3.8, 4) is 6.07 Å². The number of allylic oxidation sites excluding steroid dienone is 2. The van der Waals surface area contributed by atoms with Gasteiger partial charge in [0.2, 0.25) is 0 Å². The van der Waals surface area contributed by atoms with E-state index >= 15 is 0 Å². The van der Waals surface area contributed by atoms with Gasteiger partial charge in [-0.05, 0) is 50.0 Å². The zero-order valence-corrected chi connectivity index (χ0v) is 9.73. The van der Waals surface area contributed by atoms with E-state index < -0.39 is 0 Å². The van der Waals surface area contributed by atoms with Gasteiger partial charge in [-0.15, -0.1) is 0 Å². The summed E-state index contributed by atoms with van der Waals surface area (Å²) in [6, 6.07) is 2.93. The molecule has 16 heavy (non-hydrogen) atoms. The largest absolute Gasteiger partial charge is 0.312 e. The maximum Gasteiger partial charge on any atom is 0.0672 e. The molecule has 0 aromatic heterocycles. The molecule has 2 bridgehead atoms. The van der Waals surface area contributed by atoms with Gasteiger partial charge in [0.05, 0.1) is 12.0 Å². The standard InChI is InChI=1S/C14H20N2/c15-8-12-2-1-3-14(12)16-9-13-7-10-4-5-11(13)6-10/h4-5,10-14,16H,1-3,6-7,9H2. The van der Waals surface area contributed by atoms with Gasteiger partial charge in [-0.2, -0.15) is 5.26 Å². The van der Waals surface area contributed by atoms with Crippen molar-refractivity contribution in [3.05, 3.63) is 12.2 Å². The van der Waals surface area contributed by atoms with Crippen molar-refractivity contribution >= 4 is 0 Å². The molecule has 2 saturated carbocycles. The van der Waals surface area contributed by atoms with Gasteiger partial charge in [-0.1, -0.05) is 18.6 Å². The molecule has 0 saturated heterocycles. The second kappa shape index (κ2) is 4.22. The lowest BCUT2D eigenvalue weighted by Crippen LogP contribution is -2.36. The van der Waals surface area contributed by atoms with Crippen LogP contribution < -0.4 is 5.32 Å². The third-order valence-corrected chi connectivity index (χ3v) is 4.74. The average molecular weight is 216 g/mol. The molecule has 0 radical (unpaired) electrons. The monoisotopic (exact) mass is 216 g/mol. The van der Waals surface area contributed by atoms with Crippen LogP contribution in [0.25, 0.3) is 0 Å². The van der Waals surface area contributed by atoms with Crippen LogP contribution >= 0.6 is 0 Å². The second-order valence-electron chi connectivity index (χ2n) is 5.72. The van der Waals surface area contributed by atoms with Crippen molar-refractivity contribution < 1.29 is 0 Å². The molecule has 2 nitrogen and oxygen atoms in total. The normalized spacial score (nSPS) is 45.1. The highest BCUT2D eigenvalue weighted by molar-refractivity contribution is 5.10. The maximum atomic E-state index is 9.03. The molecule has 5 unspecified atom stereocenters. The first kappa shape index (κ1) is 10.4. The van der Waals surface area contributed by atoms with Gasteiger partial charge in [0.1, 0.15) is 0 Å². The lowest BCUT2D eigenvalue weighted by Gasteiger charge is -2.22. The molecule has 0 amide bonds. The zero-order valence-electron chi connectivity index (χ0n) is 9.73. The molecule has 0 aliphatic heterocycles. The van der Waals surface area contributed by atoms with E-state index in [1.807, 2.05) is 0 Å². The van der Waals surface area contributed by atoms with E-state index in [-0.39, 0.29) is 5.92 Å². The van der Waals surface area contributed by atoms with Crippen LogP contribution in [-0.4, -0.2) is 12.6 Å². The fourth-order valence-corrected chi connectivity index (χ4v) is 3.79. The minimum Gasteiger partial charge on any atom is -0.312 e. The van der Waals surface area contributed by atoms with Crippen LogP contribution in [0.15, 0.2) is 12.2 Å². The molecule has 3 aliphatic carbocycles. The molecule has 2 fully saturated rings. The Bertz CT molecular complexity index is 328. The Morgan fingerprint density at radius 1 is 1.25 bits per heavy atom. The van der Waals surface area contributed by atoms with E-state index in [1.165, 1.54) is 25.7 Å². The van der Waals surface area contributed by atoms with Crippen LogP contribution in [0, 0.1) is 35.0 Å². The molecule has 5 atom stereocenters. The van der Waals surface area contributed by atoms with Crippen LogP contribution in [0.3, 0.4) is 0 Å². The third kappa shape index (κ3) is 1.78. The highest BCUT2D eigenvalue weighted by atomic mass is 14.9. The Labute approximate surface area is 97.7 Å². The number of nitriles is 1. The maximum absolute atomic E-state index is 9.03. The summed E-state index contributed by atoms with van der Waals surface area (Å²) in [6.07, 6.45) is 11.1. The number of fused-ring (bicyclic) bond motifs is 2. The second-order valence-corrected chi connectivity index (χ2v) is 5.72. The Hall–Kier alpha value is -0.810. The summed E-state index contributed by atoms with van der Waals surface area (Å²) in [4.78, 5) is 0. The third-order valence-electron chi connectivity index (χ3n) is 4.74. The Morgan fingerprint density at radius 3 is 2.88 bits per heavy atom. The first-order chi connectivity index (χ1) is 7.86. The van der Waals surface area contributed by atoms with Gasteiger partial charge in [0.25, 0.3) is 0 Å². The van der Waals surface area contributed by atoms with Crippen molar-refractivity contribution in [1.82, 2.24) is 5.32 Å². The first-order valence-corrected chi connectivity index (χ1v) is 6.68. The summed E-state index contributed by atoms with van der Waals surface area (Å²) in [5, 5.41) is 12.7. The summed E-state index contributed by atoms with van der Waals surface area (Å²) >= 11 is 0. The lowest BCUT2D eigenvalue weighted by molar-refractivity contribution is 0.366. The Balaban J connectivity index is 1.50. The minimum atomic E-state index is 0.272. The fraction of sp³-hybridized carbons (Fsp3) is 0.786. The average Bonchev–Trinajstić information content (AvgIpc) is 3.01. The summed E-state index contributed by atoms with van der Waals surface area (Å²) in [6.45, 7) is 1.13. The van der Waals surface area contributed by atoms with Gasteiger partial charge >= 0.3 is 0 Å². The molecular weight excluding hydrogens is 196 g/mol. The van der Waals surface area contributed by atoms with E-state index in [1.54, 1.807) is 0 Å². The van der Waals surface area contributed by atoms with Gasteiger partial charge in [-0.3, -0.25) is 0 Å². The first-order valence-electron chi connectivity index (χ1n) is 6.68. The lowest BCUT2D eigenvalue weighted by atomic mass is 9.93. The highest BCUT2D eigenvalue weighted by Crippen LogP contribution is 2.43. The molecule has 3 aliphatic rings. The molecule has 0 aromatic carbocycles. The van der Waals surface area contributed by atoms with Crippen molar-refractivity contribution in [2.24, 2.45) is 23.7 Å². The highest BCUT2D eigenvalue weighted by Gasteiger charge is 2.36. The topological polar surface area (TPSA) is 35.8 Å². The van der Waals surface area contributed by atoms with Crippen molar-refractivity contribution in [2.45, 2.75) is 38.1 Å². The summed E-state index contributed by atoms with van der Waals surface area (Å²) in [7, 11) is 0. The Kier molecular flexibility index (Phi) is 2.73. The van der Waals surface area contributed by atoms with E-state index in [0.29, 0.717) is 6.04 Å². The molecule has 0 aromatic rings. The van der Waals surface area contributed by atoms with E-state index in [4.69, 9.17) is 5.26 Å². The van der Waals surface area contributed by atoms with Crippen molar-refractivity contribution in [3.63, 3.8) is 0 Å². The molecule has 0 spiro atoms. The summed E-state index contributed by atoms with van der Waals surface area (Å²) in [5.41, 5.74) is 0. The molecule has 2 heteroatoms. The molecular formula is C14H20N2. The van der Waals surface area contributed by atoms with E-state index in [9.17, 15) is 0 Å². The molecule has 0 heterocycles. The zero-order chi connectivity index (χ0) is 11.0. The van der Waals surface area contributed by atoms with Crippen molar-refractivity contribution in [2.75, 3.05) is 6.54 Å². The number of hydrogen-bond acceptors (Lipinski definition) is 2. The van der Waals surface area contributed by atoms with Gasteiger partial charge in [0.15, 0.2) is 0 Å². The molecule has 3 rings (SSSR count). The number of nitrogens with zero attached hydrogens (tertiary/aromatic N) is 1. The van der Waals surface area contributed by atoms with Crippen LogP contribution in [0.2, 0.25) is 0 Å². The van der Waals surface area contributed by atoms with Crippen LogP contribution in [-0.2, 0) is 0 Å². The smallest absolute Gasteiger partial charge is 0.0672 e. The minimum absolute atomic E-state index is 0.272. The van der Waals surface area contributed by atoms with Crippen molar-refractivity contribution in [1.29, 1.82) is 5.26 Å².